The normalized spacial score (nSPS) is 17.3. The largest absolute Gasteiger partial charge is 0.491 e. The van der Waals surface area contributed by atoms with Gasteiger partial charge in [0.1, 0.15) is 0 Å². The molecule has 1 aromatic rings. The summed E-state index contributed by atoms with van der Waals surface area (Å²) in [6, 6.07) is 4.95. The Balaban J connectivity index is 0.00000288. The van der Waals surface area contributed by atoms with Gasteiger partial charge in [-0.2, -0.15) is 0 Å². The van der Waals surface area contributed by atoms with Crippen LogP contribution in [0.25, 0.3) is 0 Å². The van der Waals surface area contributed by atoms with Crippen LogP contribution in [0.4, 0.5) is 4.39 Å². The summed E-state index contributed by atoms with van der Waals surface area (Å²) in [5.74, 6) is 0.651. The van der Waals surface area contributed by atoms with Crippen molar-refractivity contribution in [3.63, 3.8) is 0 Å². The lowest BCUT2D eigenvalue weighted by molar-refractivity contribution is 0.114. The second-order valence-electron chi connectivity index (χ2n) is 5.41. The third kappa shape index (κ3) is 6.80. The van der Waals surface area contributed by atoms with Gasteiger partial charge in [0.2, 0.25) is 0 Å². The second-order valence-corrected chi connectivity index (χ2v) is 5.41. The quantitative estimate of drug-likeness (QED) is 0.380. The smallest absolute Gasteiger partial charge is 0.191 e. The Morgan fingerprint density at radius 2 is 2.21 bits per heavy atom. The highest BCUT2D eigenvalue weighted by atomic mass is 127. The number of benzene rings is 1. The van der Waals surface area contributed by atoms with E-state index < -0.39 is 0 Å². The number of nitrogens with zero attached hydrogens (tertiary/aromatic N) is 1. The minimum atomic E-state index is -0.350. The molecule has 1 saturated heterocycles. The molecule has 1 fully saturated rings. The number of aliphatic imine (C=N–C) groups is 1. The van der Waals surface area contributed by atoms with Crippen LogP contribution in [0.15, 0.2) is 23.2 Å². The van der Waals surface area contributed by atoms with Gasteiger partial charge in [0, 0.05) is 19.7 Å². The predicted octanol–water partition coefficient (Wildman–Crippen LogP) is 3.08. The van der Waals surface area contributed by atoms with Crippen molar-refractivity contribution < 1.29 is 13.9 Å². The summed E-state index contributed by atoms with van der Waals surface area (Å²) in [6.07, 6.45) is 2.45. The predicted molar refractivity (Wildman–Crippen MR) is 105 cm³/mol. The Morgan fingerprint density at radius 3 is 2.83 bits per heavy atom. The fourth-order valence-corrected chi connectivity index (χ4v) is 2.44. The maximum Gasteiger partial charge on any atom is 0.191 e. The average molecular weight is 451 g/mol. The van der Waals surface area contributed by atoms with Crippen molar-refractivity contribution in [3.05, 3.63) is 29.6 Å². The molecular weight excluding hydrogens is 424 g/mol. The van der Waals surface area contributed by atoms with Crippen molar-refractivity contribution in [2.24, 2.45) is 4.99 Å². The summed E-state index contributed by atoms with van der Waals surface area (Å²) in [4.78, 5) is 4.49. The van der Waals surface area contributed by atoms with Gasteiger partial charge in [0.15, 0.2) is 17.5 Å². The molecule has 1 aromatic carbocycles. The number of hydrogen-bond donors (Lipinski definition) is 2. The van der Waals surface area contributed by atoms with Gasteiger partial charge in [-0.05, 0) is 44.4 Å². The van der Waals surface area contributed by atoms with Crippen LogP contribution >= 0.6 is 24.0 Å². The standard InChI is InChI=1S/C17H26FN3O2.HI/c1-3-19-17(21-12-14-6-5-9-23-14)20-11-13-7-8-16(22-4-2)15(18)10-13;/h7-8,10,14H,3-6,9,11-12H2,1-2H3,(H2,19,20,21);1H. The SMILES string of the molecule is CCNC(=NCc1ccc(OCC)c(F)c1)NCC1CCCO1.I. The highest BCUT2D eigenvalue weighted by molar-refractivity contribution is 14.0. The van der Waals surface area contributed by atoms with Crippen molar-refractivity contribution >= 4 is 29.9 Å². The van der Waals surface area contributed by atoms with Crippen molar-refractivity contribution in [1.82, 2.24) is 10.6 Å². The van der Waals surface area contributed by atoms with E-state index in [9.17, 15) is 4.39 Å². The number of nitrogens with one attached hydrogen (secondary N) is 2. The number of guanidine groups is 1. The van der Waals surface area contributed by atoms with Gasteiger partial charge >= 0.3 is 0 Å². The van der Waals surface area contributed by atoms with Crippen LogP contribution in [-0.4, -0.2) is 38.4 Å². The molecule has 0 saturated carbocycles. The van der Waals surface area contributed by atoms with Crippen molar-refractivity contribution in [1.29, 1.82) is 0 Å². The van der Waals surface area contributed by atoms with Gasteiger partial charge in [-0.1, -0.05) is 6.07 Å². The van der Waals surface area contributed by atoms with Gasteiger partial charge in [0.05, 0.1) is 19.3 Å². The highest BCUT2D eigenvalue weighted by Crippen LogP contribution is 2.18. The zero-order valence-corrected chi connectivity index (χ0v) is 16.6. The van der Waals surface area contributed by atoms with E-state index in [4.69, 9.17) is 9.47 Å². The van der Waals surface area contributed by atoms with E-state index in [2.05, 4.69) is 15.6 Å². The molecule has 0 amide bonds. The number of ether oxygens (including phenoxy) is 2. The molecule has 5 nitrogen and oxygen atoms in total. The maximum absolute atomic E-state index is 13.8. The average Bonchev–Trinajstić information content (AvgIpc) is 3.06. The first kappa shape index (κ1) is 21.0. The van der Waals surface area contributed by atoms with Crippen LogP contribution < -0.4 is 15.4 Å². The molecule has 2 rings (SSSR count). The molecule has 1 unspecified atom stereocenters. The van der Waals surface area contributed by atoms with E-state index >= 15 is 0 Å². The molecule has 0 aliphatic carbocycles. The minimum absolute atomic E-state index is 0. The van der Waals surface area contributed by atoms with Crippen LogP contribution in [0, 0.1) is 5.82 Å². The van der Waals surface area contributed by atoms with E-state index in [1.807, 2.05) is 19.9 Å². The van der Waals surface area contributed by atoms with Crippen LogP contribution in [0.5, 0.6) is 5.75 Å². The Bertz CT molecular complexity index is 523. The molecule has 0 aromatic heterocycles. The van der Waals surface area contributed by atoms with E-state index in [-0.39, 0.29) is 41.6 Å². The molecule has 2 N–H and O–H groups in total. The third-order valence-corrected chi connectivity index (χ3v) is 3.58. The van der Waals surface area contributed by atoms with E-state index in [0.717, 1.165) is 44.1 Å². The first-order chi connectivity index (χ1) is 11.2. The first-order valence-electron chi connectivity index (χ1n) is 8.28. The molecule has 24 heavy (non-hydrogen) atoms. The lowest BCUT2D eigenvalue weighted by Gasteiger charge is -2.14. The fraction of sp³-hybridized carbons (Fsp3) is 0.588. The van der Waals surface area contributed by atoms with Crippen LogP contribution in [0.2, 0.25) is 0 Å². The number of rotatable bonds is 7. The lowest BCUT2D eigenvalue weighted by atomic mass is 10.2. The van der Waals surface area contributed by atoms with E-state index in [1.165, 1.54) is 6.07 Å². The fourth-order valence-electron chi connectivity index (χ4n) is 2.44. The summed E-state index contributed by atoms with van der Waals surface area (Å²) < 4.78 is 24.6. The molecule has 0 bridgehead atoms. The monoisotopic (exact) mass is 451 g/mol. The summed E-state index contributed by atoms with van der Waals surface area (Å²) in [6.45, 7) is 7.06. The molecule has 0 radical (unpaired) electrons. The molecule has 7 heteroatoms. The summed E-state index contributed by atoms with van der Waals surface area (Å²) in [7, 11) is 0. The molecule has 136 valence electrons. The Hall–Kier alpha value is -1.09. The molecule has 1 aliphatic rings. The zero-order chi connectivity index (χ0) is 16.5. The summed E-state index contributed by atoms with van der Waals surface area (Å²) in [5, 5.41) is 6.46. The van der Waals surface area contributed by atoms with Crippen LogP contribution in [-0.2, 0) is 11.3 Å². The lowest BCUT2D eigenvalue weighted by Crippen LogP contribution is -2.41. The highest BCUT2D eigenvalue weighted by Gasteiger charge is 2.15. The molecule has 0 spiro atoms. The second kappa shape index (κ2) is 11.5. The van der Waals surface area contributed by atoms with Gasteiger partial charge in [-0.15, -0.1) is 24.0 Å². The molecular formula is C17H27FIN3O2. The molecule has 1 heterocycles. The molecule has 1 aliphatic heterocycles. The Kier molecular flexibility index (Phi) is 10.0. The van der Waals surface area contributed by atoms with Gasteiger partial charge in [0.25, 0.3) is 0 Å². The maximum atomic E-state index is 13.8. The number of hydrogen-bond acceptors (Lipinski definition) is 3. The van der Waals surface area contributed by atoms with Crippen LogP contribution in [0.1, 0.15) is 32.3 Å². The van der Waals surface area contributed by atoms with E-state index in [0.29, 0.717) is 13.2 Å². The minimum Gasteiger partial charge on any atom is -0.491 e. The Morgan fingerprint density at radius 1 is 1.38 bits per heavy atom. The summed E-state index contributed by atoms with van der Waals surface area (Å²) in [5.41, 5.74) is 0.806. The van der Waals surface area contributed by atoms with Gasteiger partial charge in [-0.25, -0.2) is 9.38 Å². The van der Waals surface area contributed by atoms with Crippen LogP contribution in [0.3, 0.4) is 0 Å². The van der Waals surface area contributed by atoms with Crippen molar-refractivity contribution in [3.8, 4) is 5.75 Å². The van der Waals surface area contributed by atoms with Crippen molar-refractivity contribution in [2.75, 3.05) is 26.3 Å². The zero-order valence-electron chi connectivity index (χ0n) is 14.3. The summed E-state index contributed by atoms with van der Waals surface area (Å²) >= 11 is 0. The topological polar surface area (TPSA) is 54.9 Å². The van der Waals surface area contributed by atoms with E-state index in [1.54, 1.807) is 6.07 Å². The van der Waals surface area contributed by atoms with Crippen molar-refractivity contribution in [2.45, 2.75) is 39.3 Å². The number of halogens is 2. The van der Waals surface area contributed by atoms with Gasteiger partial charge in [-0.3, -0.25) is 0 Å². The molecule has 1 atom stereocenters. The third-order valence-electron chi connectivity index (χ3n) is 3.58. The first-order valence-corrected chi connectivity index (χ1v) is 8.28. The van der Waals surface area contributed by atoms with Gasteiger partial charge < -0.3 is 20.1 Å². The Labute approximate surface area is 160 Å².